The predicted octanol–water partition coefficient (Wildman–Crippen LogP) is 3.32. The Morgan fingerprint density at radius 2 is 1.78 bits per heavy atom. The van der Waals surface area contributed by atoms with Crippen LogP contribution in [0.15, 0.2) is 30.5 Å². The van der Waals surface area contributed by atoms with Crippen LogP contribution in [0.25, 0.3) is 5.69 Å². The van der Waals surface area contributed by atoms with E-state index in [4.69, 9.17) is 5.73 Å². The molecule has 0 amide bonds. The van der Waals surface area contributed by atoms with E-state index in [9.17, 15) is 0 Å². The minimum Gasteiger partial charge on any atom is -0.324 e. The van der Waals surface area contributed by atoms with Crippen LogP contribution >= 0.6 is 0 Å². The van der Waals surface area contributed by atoms with Gasteiger partial charge in [0.05, 0.1) is 11.9 Å². The van der Waals surface area contributed by atoms with Crippen molar-refractivity contribution in [3.05, 3.63) is 47.3 Å². The van der Waals surface area contributed by atoms with Gasteiger partial charge in [-0.05, 0) is 31.4 Å². The monoisotopic (exact) mass is 243 g/mol. The summed E-state index contributed by atoms with van der Waals surface area (Å²) in [5, 5.41) is 4.49. The molecule has 2 aromatic rings. The Balaban J connectivity index is 2.56. The van der Waals surface area contributed by atoms with Crippen LogP contribution in [0.3, 0.4) is 0 Å². The Labute approximate surface area is 109 Å². The van der Waals surface area contributed by atoms with Crippen molar-refractivity contribution in [2.75, 3.05) is 0 Å². The molecule has 0 aliphatic heterocycles. The molecule has 1 unspecified atom stereocenters. The third-order valence-electron chi connectivity index (χ3n) is 3.33. The van der Waals surface area contributed by atoms with Crippen LogP contribution in [-0.4, -0.2) is 9.78 Å². The van der Waals surface area contributed by atoms with Gasteiger partial charge in [0.1, 0.15) is 0 Å². The van der Waals surface area contributed by atoms with Crippen molar-refractivity contribution in [1.29, 1.82) is 0 Å². The van der Waals surface area contributed by atoms with E-state index < -0.39 is 0 Å². The molecule has 0 aliphatic carbocycles. The van der Waals surface area contributed by atoms with Gasteiger partial charge in [-0.15, -0.1) is 0 Å². The fourth-order valence-electron chi connectivity index (χ4n) is 2.28. The van der Waals surface area contributed by atoms with E-state index >= 15 is 0 Å². The van der Waals surface area contributed by atoms with E-state index in [2.05, 4.69) is 44.1 Å². The smallest absolute Gasteiger partial charge is 0.0683 e. The molecular weight excluding hydrogens is 222 g/mol. The van der Waals surface area contributed by atoms with Gasteiger partial charge < -0.3 is 5.73 Å². The molecule has 0 aliphatic rings. The second-order valence-corrected chi connectivity index (χ2v) is 5.10. The van der Waals surface area contributed by atoms with Gasteiger partial charge in [-0.1, -0.05) is 32.0 Å². The van der Waals surface area contributed by atoms with E-state index in [1.165, 1.54) is 5.56 Å². The van der Waals surface area contributed by atoms with E-state index in [-0.39, 0.29) is 6.04 Å². The van der Waals surface area contributed by atoms with Gasteiger partial charge in [-0.25, -0.2) is 4.68 Å². The summed E-state index contributed by atoms with van der Waals surface area (Å²) in [6.07, 6.45) is 1.87. The Bertz CT molecular complexity index is 538. The molecule has 0 radical (unpaired) electrons. The lowest BCUT2D eigenvalue weighted by molar-refractivity contribution is 0.778. The first-order chi connectivity index (χ1) is 8.52. The maximum absolute atomic E-state index is 5.95. The summed E-state index contributed by atoms with van der Waals surface area (Å²) >= 11 is 0. The molecule has 3 nitrogen and oxygen atoms in total. The molecule has 2 N–H and O–H groups in total. The zero-order chi connectivity index (χ0) is 13.3. The van der Waals surface area contributed by atoms with Crippen LogP contribution in [0.4, 0.5) is 0 Å². The number of nitrogens with two attached hydrogens (primary N) is 1. The first kappa shape index (κ1) is 12.8. The molecule has 1 heterocycles. The molecule has 1 atom stereocenters. The SMILES string of the molecule is Cc1c(C(C)N)cnn1-c1ccccc1C(C)C. The minimum atomic E-state index is 0.0185. The average molecular weight is 243 g/mol. The number of rotatable bonds is 3. The summed E-state index contributed by atoms with van der Waals surface area (Å²) in [7, 11) is 0. The second-order valence-electron chi connectivity index (χ2n) is 5.10. The highest BCUT2D eigenvalue weighted by Gasteiger charge is 2.14. The fourth-order valence-corrected chi connectivity index (χ4v) is 2.28. The van der Waals surface area contributed by atoms with E-state index in [0.29, 0.717) is 5.92 Å². The van der Waals surface area contributed by atoms with E-state index in [1.807, 2.05) is 23.9 Å². The van der Waals surface area contributed by atoms with Gasteiger partial charge in [-0.2, -0.15) is 5.10 Å². The molecule has 0 saturated heterocycles. The van der Waals surface area contributed by atoms with Crippen molar-refractivity contribution in [3.63, 3.8) is 0 Å². The summed E-state index contributed by atoms with van der Waals surface area (Å²) in [5.74, 6) is 0.476. The van der Waals surface area contributed by atoms with Gasteiger partial charge >= 0.3 is 0 Å². The highest BCUT2D eigenvalue weighted by atomic mass is 15.3. The van der Waals surface area contributed by atoms with E-state index in [0.717, 1.165) is 16.9 Å². The second kappa shape index (κ2) is 4.94. The Hall–Kier alpha value is -1.61. The molecule has 0 spiro atoms. The molecule has 1 aromatic heterocycles. The van der Waals surface area contributed by atoms with Gasteiger partial charge in [0, 0.05) is 17.3 Å². The van der Waals surface area contributed by atoms with Crippen LogP contribution in [0.1, 0.15) is 49.6 Å². The Morgan fingerprint density at radius 1 is 1.11 bits per heavy atom. The van der Waals surface area contributed by atoms with Crippen molar-refractivity contribution in [2.24, 2.45) is 5.73 Å². The number of hydrogen-bond donors (Lipinski definition) is 1. The third kappa shape index (κ3) is 2.18. The summed E-state index contributed by atoms with van der Waals surface area (Å²) in [4.78, 5) is 0. The minimum absolute atomic E-state index is 0.0185. The van der Waals surface area contributed by atoms with Crippen molar-refractivity contribution in [2.45, 2.75) is 39.7 Å². The molecule has 3 heteroatoms. The highest BCUT2D eigenvalue weighted by Crippen LogP contribution is 2.25. The zero-order valence-electron chi connectivity index (χ0n) is 11.5. The molecule has 2 rings (SSSR count). The van der Waals surface area contributed by atoms with Crippen LogP contribution in [0.5, 0.6) is 0 Å². The maximum Gasteiger partial charge on any atom is 0.0683 e. The maximum atomic E-state index is 5.95. The van der Waals surface area contributed by atoms with Crippen molar-refractivity contribution in [1.82, 2.24) is 9.78 Å². The molecule has 0 saturated carbocycles. The summed E-state index contributed by atoms with van der Waals surface area (Å²) in [6.45, 7) is 8.46. The molecular formula is C15H21N3. The number of benzene rings is 1. The molecule has 96 valence electrons. The van der Waals surface area contributed by atoms with Crippen LogP contribution in [0, 0.1) is 6.92 Å². The van der Waals surface area contributed by atoms with Crippen molar-refractivity contribution < 1.29 is 0 Å². The zero-order valence-corrected chi connectivity index (χ0v) is 11.5. The summed E-state index contributed by atoms with van der Waals surface area (Å²) < 4.78 is 1.99. The molecule has 1 aromatic carbocycles. The first-order valence-corrected chi connectivity index (χ1v) is 6.41. The average Bonchev–Trinajstić information content (AvgIpc) is 2.71. The molecule has 0 bridgehead atoms. The third-order valence-corrected chi connectivity index (χ3v) is 3.33. The van der Waals surface area contributed by atoms with Crippen molar-refractivity contribution in [3.8, 4) is 5.69 Å². The van der Waals surface area contributed by atoms with Crippen molar-refractivity contribution >= 4 is 0 Å². The quantitative estimate of drug-likeness (QED) is 0.898. The highest BCUT2D eigenvalue weighted by molar-refractivity contribution is 5.44. The first-order valence-electron chi connectivity index (χ1n) is 6.41. The van der Waals surface area contributed by atoms with Gasteiger partial charge in [0.25, 0.3) is 0 Å². The number of hydrogen-bond acceptors (Lipinski definition) is 2. The lowest BCUT2D eigenvalue weighted by atomic mass is 10.0. The van der Waals surface area contributed by atoms with Crippen LogP contribution in [-0.2, 0) is 0 Å². The molecule has 0 fully saturated rings. The fraction of sp³-hybridized carbons (Fsp3) is 0.400. The predicted molar refractivity (Wildman–Crippen MR) is 75.0 cm³/mol. The van der Waals surface area contributed by atoms with Crippen LogP contribution < -0.4 is 5.73 Å². The lowest BCUT2D eigenvalue weighted by Crippen LogP contribution is -2.08. The Morgan fingerprint density at radius 3 is 2.33 bits per heavy atom. The van der Waals surface area contributed by atoms with E-state index in [1.54, 1.807) is 0 Å². The largest absolute Gasteiger partial charge is 0.324 e. The topological polar surface area (TPSA) is 43.8 Å². The lowest BCUT2D eigenvalue weighted by Gasteiger charge is -2.14. The number of aromatic nitrogens is 2. The summed E-state index contributed by atoms with van der Waals surface area (Å²) in [6, 6.07) is 8.41. The number of nitrogens with zero attached hydrogens (tertiary/aromatic N) is 2. The normalized spacial score (nSPS) is 13.0. The summed E-state index contributed by atoms with van der Waals surface area (Å²) in [5.41, 5.74) is 10.6. The van der Waals surface area contributed by atoms with Gasteiger partial charge in [0.2, 0.25) is 0 Å². The standard InChI is InChI=1S/C15H21N3/c1-10(2)13-7-5-6-8-15(13)18-12(4)14(9-17-18)11(3)16/h5-11H,16H2,1-4H3. The Kier molecular flexibility index (Phi) is 3.53. The molecule has 18 heavy (non-hydrogen) atoms. The number of para-hydroxylation sites is 1. The van der Waals surface area contributed by atoms with Crippen LogP contribution in [0.2, 0.25) is 0 Å². The van der Waals surface area contributed by atoms with Gasteiger partial charge in [-0.3, -0.25) is 0 Å². The van der Waals surface area contributed by atoms with Gasteiger partial charge in [0.15, 0.2) is 0 Å².